The molecule has 0 unspecified atom stereocenters. The summed E-state index contributed by atoms with van der Waals surface area (Å²) in [6.07, 6.45) is 3.67. The molecule has 30 heavy (non-hydrogen) atoms. The number of rotatable bonds is 16. The second kappa shape index (κ2) is 15.0. The van der Waals surface area contributed by atoms with Gasteiger partial charge in [-0.3, -0.25) is 0 Å². The summed E-state index contributed by atoms with van der Waals surface area (Å²) < 4.78 is 16.7. The van der Waals surface area contributed by atoms with Crippen molar-refractivity contribution in [3.05, 3.63) is 29.8 Å². The van der Waals surface area contributed by atoms with E-state index in [1.165, 1.54) is 12.8 Å². The van der Waals surface area contributed by atoms with Crippen molar-refractivity contribution in [3.63, 3.8) is 0 Å². The van der Waals surface area contributed by atoms with Crippen molar-refractivity contribution in [1.82, 2.24) is 15.5 Å². The number of hydrogen-bond donors (Lipinski definition) is 2. The monoisotopic (exact) mass is 420 g/mol. The maximum atomic E-state index is 5.90. The predicted molar refractivity (Wildman–Crippen MR) is 122 cm³/mol. The van der Waals surface area contributed by atoms with Gasteiger partial charge in [0.05, 0.1) is 13.2 Å². The minimum absolute atomic E-state index is 0.610. The Bertz CT molecular complexity index is 608. The quantitative estimate of drug-likeness (QED) is 0.243. The van der Waals surface area contributed by atoms with Crippen molar-refractivity contribution >= 4 is 5.96 Å². The van der Waals surface area contributed by atoms with Crippen LogP contribution in [0.5, 0.6) is 5.75 Å². The number of likely N-dealkylation sites (N-methyl/N-ethyl adjacent to an activating group) is 1. The molecule has 0 amide bonds. The van der Waals surface area contributed by atoms with Crippen LogP contribution in [0.25, 0.3) is 0 Å². The van der Waals surface area contributed by atoms with E-state index in [-0.39, 0.29) is 0 Å². The van der Waals surface area contributed by atoms with Crippen LogP contribution in [0.1, 0.15) is 31.7 Å². The van der Waals surface area contributed by atoms with Gasteiger partial charge in [-0.2, -0.15) is 0 Å². The Morgan fingerprint density at radius 3 is 2.77 bits per heavy atom. The highest BCUT2D eigenvalue weighted by Crippen LogP contribution is 2.28. The van der Waals surface area contributed by atoms with Gasteiger partial charge in [-0.05, 0) is 56.8 Å². The van der Waals surface area contributed by atoms with Gasteiger partial charge in [0, 0.05) is 46.5 Å². The van der Waals surface area contributed by atoms with E-state index < -0.39 is 0 Å². The molecule has 1 aliphatic carbocycles. The van der Waals surface area contributed by atoms with E-state index in [0.29, 0.717) is 13.2 Å². The highest BCUT2D eigenvalue weighted by Gasteiger charge is 2.20. The maximum Gasteiger partial charge on any atom is 0.191 e. The van der Waals surface area contributed by atoms with Crippen LogP contribution >= 0.6 is 0 Å². The van der Waals surface area contributed by atoms with Crippen LogP contribution < -0.4 is 15.4 Å². The molecule has 0 bridgehead atoms. The lowest BCUT2D eigenvalue weighted by atomic mass is 10.2. The first-order valence-electron chi connectivity index (χ1n) is 11.2. The fourth-order valence-electron chi connectivity index (χ4n) is 2.84. The standard InChI is InChI=1S/C23H40N4O3/c1-4-24-23(25-11-6-14-29-19-20-9-10-20)26-18-21-7-5-8-22(17-21)30-16-13-27(2)12-15-28-3/h5,7-8,17,20H,4,6,9-16,18-19H2,1-3H3,(H2,24,25,26). The topological polar surface area (TPSA) is 67.4 Å². The van der Waals surface area contributed by atoms with Gasteiger partial charge in [0.25, 0.3) is 0 Å². The number of ether oxygens (including phenoxy) is 3. The summed E-state index contributed by atoms with van der Waals surface area (Å²) in [7, 11) is 3.79. The molecule has 1 aliphatic rings. The summed E-state index contributed by atoms with van der Waals surface area (Å²) in [6, 6.07) is 8.16. The predicted octanol–water partition coefficient (Wildman–Crippen LogP) is 2.52. The van der Waals surface area contributed by atoms with Crippen LogP contribution in [0.15, 0.2) is 29.3 Å². The van der Waals surface area contributed by atoms with Crippen LogP contribution in [0.3, 0.4) is 0 Å². The molecule has 0 aliphatic heterocycles. The Hall–Kier alpha value is -1.83. The maximum absolute atomic E-state index is 5.90. The van der Waals surface area contributed by atoms with Gasteiger partial charge in [-0.15, -0.1) is 0 Å². The van der Waals surface area contributed by atoms with Crippen LogP contribution in [0, 0.1) is 5.92 Å². The number of nitrogens with one attached hydrogen (secondary N) is 2. The molecule has 1 fully saturated rings. The molecular weight excluding hydrogens is 380 g/mol. The molecule has 2 N–H and O–H groups in total. The van der Waals surface area contributed by atoms with Gasteiger partial charge < -0.3 is 29.7 Å². The first-order chi connectivity index (χ1) is 14.7. The largest absolute Gasteiger partial charge is 0.492 e. The van der Waals surface area contributed by atoms with E-state index in [1.807, 2.05) is 12.1 Å². The van der Waals surface area contributed by atoms with Gasteiger partial charge >= 0.3 is 0 Å². The lowest BCUT2D eigenvalue weighted by molar-refractivity contribution is 0.123. The molecule has 0 aromatic heterocycles. The molecule has 1 aromatic rings. The average molecular weight is 421 g/mol. The number of aliphatic imine (C=N–C) groups is 1. The van der Waals surface area contributed by atoms with Crippen LogP contribution in [-0.4, -0.2) is 77.6 Å². The van der Waals surface area contributed by atoms with E-state index in [2.05, 4.69) is 41.6 Å². The zero-order chi connectivity index (χ0) is 21.4. The minimum Gasteiger partial charge on any atom is -0.492 e. The van der Waals surface area contributed by atoms with E-state index in [9.17, 15) is 0 Å². The Morgan fingerprint density at radius 1 is 1.17 bits per heavy atom. The number of methoxy groups -OCH3 is 1. The molecule has 0 saturated heterocycles. The van der Waals surface area contributed by atoms with E-state index in [1.54, 1.807) is 7.11 Å². The zero-order valence-electron chi connectivity index (χ0n) is 19.0. The number of guanidine groups is 1. The molecular formula is C23H40N4O3. The normalized spacial score (nSPS) is 14.2. The van der Waals surface area contributed by atoms with Crippen molar-refractivity contribution in [2.45, 2.75) is 32.7 Å². The minimum atomic E-state index is 0.610. The zero-order valence-corrected chi connectivity index (χ0v) is 19.0. The van der Waals surface area contributed by atoms with Crippen LogP contribution in [0.2, 0.25) is 0 Å². The van der Waals surface area contributed by atoms with Gasteiger partial charge in [0.15, 0.2) is 5.96 Å². The Kier molecular flexibility index (Phi) is 12.3. The molecule has 0 radical (unpaired) electrons. The van der Waals surface area contributed by atoms with Gasteiger partial charge in [0.1, 0.15) is 12.4 Å². The molecule has 2 rings (SSSR count). The third kappa shape index (κ3) is 11.4. The molecule has 170 valence electrons. The third-order valence-corrected chi connectivity index (χ3v) is 4.89. The second-order valence-electron chi connectivity index (χ2n) is 7.79. The highest BCUT2D eigenvalue weighted by molar-refractivity contribution is 5.79. The van der Waals surface area contributed by atoms with Gasteiger partial charge in [-0.1, -0.05) is 12.1 Å². The molecule has 7 heteroatoms. The van der Waals surface area contributed by atoms with Crippen molar-refractivity contribution in [3.8, 4) is 5.75 Å². The fourth-order valence-corrected chi connectivity index (χ4v) is 2.84. The van der Waals surface area contributed by atoms with Crippen molar-refractivity contribution in [1.29, 1.82) is 0 Å². The lowest BCUT2D eigenvalue weighted by Crippen LogP contribution is -2.38. The highest BCUT2D eigenvalue weighted by atomic mass is 16.5. The molecule has 1 saturated carbocycles. The van der Waals surface area contributed by atoms with E-state index in [4.69, 9.17) is 19.2 Å². The smallest absolute Gasteiger partial charge is 0.191 e. The molecule has 0 heterocycles. The van der Waals surface area contributed by atoms with Crippen molar-refractivity contribution in [2.24, 2.45) is 10.9 Å². The summed E-state index contributed by atoms with van der Waals surface area (Å²) in [5.74, 6) is 2.55. The molecule has 0 spiro atoms. The summed E-state index contributed by atoms with van der Waals surface area (Å²) in [4.78, 5) is 6.90. The first kappa shape index (κ1) is 24.4. The summed E-state index contributed by atoms with van der Waals surface area (Å²) >= 11 is 0. The van der Waals surface area contributed by atoms with Crippen LogP contribution in [-0.2, 0) is 16.0 Å². The Morgan fingerprint density at radius 2 is 2.00 bits per heavy atom. The summed E-state index contributed by atoms with van der Waals surface area (Å²) in [5, 5.41) is 6.69. The Labute approximate surface area is 182 Å². The van der Waals surface area contributed by atoms with Crippen molar-refractivity contribution in [2.75, 3.05) is 66.8 Å². The summed E-state index contributed by atoms with van der Waals surface area (Å²) in [6.45, 7) is 9.27. The second-order valence-corrected chi connectivity index (χ2v) is 7.79. The van der Waals surface area contributed by atoms with Gasteiger partial charge in [0.2, 0.25) is 0 Å². The third-order valence-electron chi connectivity index (χ3n) is 4.89. The molecule has 1 aromatic carbocycles. The molecule has 0 atom stereocenters. The lowest BCUT2D eigenvalue weighted by Gasteiger charge is -2.16. The van der Waals surface area contributed by atoms with E-state index in [0.717, 1.165) is 75.6 Å². The molecule has 7 nitrogen and oxygen atoms in total. The van der Waals surface area contributed by atoms with E-state index >= 15 is 0 Å². The first-order valence-corrected chi connectivity index (χ1v) is 11.2. The Balaban J connectivity index is 1.69. The number of hydrogen-bond acceptors (Lipinski definition) is 5. The summed E-state index contributed by atoms with van der Waals surface area (Å²) in [5.41, 5.74) is 1.13. The van der Waals surface area contributed by atoms with Crippen LogP contribution in [0.4, 0.5) is 0 Å². The average Bonchev–Trinajstić information content (AvgIpc) is 3.57. The number of nitrogens with zero attached hydrogens (tertiary/aromatic N) is 2. The fraction of sp³-hybridized carbons (Fsp3) is 0.696. The number of benzene rings is 1. The van der Waals surface area contributed by atoms with Gasteiger partial charge in [-0.25, -0.2) is 4.99 Å². The van der Waals surface area contributed by atoms with Crippen molar-refractivity contribution < 1.29 is 14.2 Å². The SMILES string of the molecule is CCNC(=NCc1cccc(OCCN(C)CCOC)c1)NCCCOCC1CC1.